The summed E-state index contributed by atoms with van der Waals surface area (Å²) in [5.74, 6) is 0.469. The molecule has 248 valence electrons. The average Bonchev–Trinajstić information content (AvgIpc) is 3.48. The number of fused-ring (bicyclic) bond motifs is 1. The summed E-state index contributed by atoms with van der Waals surface area (Å²) in [4.78, 5) is 20.3. The number of aromatic nitrogens is 2. The molecule has 0 bridgehead atoms. The Morgan fingerprint density at radius 3 is 2.51 bits per heavy atom. The monoisotopic (exact) mass is 641 g/mol. The van der Waals surface area contributed by atoms with Crippen LogP contribution in [0.15, 0.2) is 80.0 Å². The summed E-state index contributed by atoms with van der Waals surface area (Å²) >= 11 is 0. The van der Waals surface area contributed by atoms with Crippen LogP contribution in [0, 0.1) is 12.7 Å². The van der Waals surface area contributed by atoms with Gasteiger partial charge in [0.25, 0.3) is 0 Å². The first-order valence-corrected chi connectivity index (χ1v) is 15.9. The molecule has 0 amide bonds. The molecule has 0 aliphatic carbocycles. The predicted molar refractivity (Wildman–Crippen MR) is 183 cm³/mol. The molecule has 0 saturated carbocycles. The molecule has 0 spiro atoms. The van der Waals surface area contributed by atoms with Crippen molar-refractivity contribution in [2.75, 3.05) is 38.8 Å². The number of methoxy groups -OCH3 is 2. The molecule has 1 fully saturated rings. The van der Waals surface area contributed by atoms with Crippen LogP contribution in [0.4, 0.5) is 10.2 Å². The maximum Gasteiger partial charge on any atom is 0.339 e. The van der Waals surface area contributed by atoms with E-state index in [0.717, 1.165) is 57.8 Å². The van der Waals surface area contributed by atoms with Crippen LogP contribution in [0.3, 0.4) is 0 Å². The van der Waals surface area contributed by atoms with E-state index in [1.165, 1.54) is 26.4 Å². The first-order valence-electron chi connectivity index (χ1n) is 15.9. The van der Waals surface area contributed by atoms with Gasteiger partial charge in [0.2, 0.25) is 0 Å². The average molecular weight is 642 g/mol. The number of hydrogen-bond acceptors (Lipinski definition) is 7. The summed E-state index contributed by atoms with van der Waals surface area (Å²) in [6.07, 6.45) is 6.70. The predicted octanol–water partition coefficient (Wildman–Crippen LogP) is 7.88. The Hall–Kier alpha value is -4.47. The van der Waals surface area contributed by atoms with E-state index in [2.05, 4.69) is 25.0 Å². The second-order valence-corrected chi connectivity index (χ2v) is 12.3. The molecule has 2 aromatic carbocycles. The van der Waals surface area contributed by atoms with E-state index in [-0.39, 0.29) is 17.5 Å². The number of piperidine rings is 1. The third-order valence-corrected chi connectivity index (χ3v) is 8.80. The van der Waals surface area contributed by atoms with Crippen molar-refractivity contribution in [2.24, 2.45) is 0 Å². The van der Waals surface area contributed by atoms with Crippen LogP contribution in [0.2, 0.25) is 0 Å². The second kappa shape index (κ2) is 14.5. The molecule has 0 N–H and O–H groups in total. The summed E-state index contributed by atoms with van der Waals surface area (Å²) in [6, 6.07) is 14.5. The molecule has 8 nitrogen and oxygen atoms in total. The summed E-state index contributed by atoms with van der Waals surface area (Å²) in [5, 5.41) is 0. The van der Waals surface area contributed by atoms with Gasteiger partial charge in [0, 0.05) is 55.6 Å². The lowest BCUT2D eigenvalue weighted by Gasteiger charge is -2.41. The highest BCUT2D eigenvalue weighted by atomic mass is 19.1. The summed E-state index contributed by atoms with van der Waals surface area (Å²) in [6.45, 7) is 15.5. The minimum atomic E-state index is -0.917. The fraction of sp³-hybridized carbons (Fsp3) is 0.368. The molecular weight excluding hydrogens is 597 g/mol. The van der Waals surface area contributed by atoms with E-state index in [1.807, 2.05) is 54.8 Å². The van der Waals surface area contributed by atoms with Crippen molar-refractivity contribution in [3.63, 3.8) is 0 Å². The Bertz CT molecular complexity index is 1760. The van der Waals surface area contributed by atoms with Crippen molar-refractivity contribution in [1.82, 2.24) is 9.38 Å². The molecule has 1 aliphatic heterocycles. The van der Waals surface area contributed by atoms with Gasteiger partial charge in [-0.15, -0.1) is 13.2 Å². The Labute approximate surface area is 276 Å². The molecular formula is C38H44FN3O5. The van der Waals surface area contributed by atoms with Crippen molar-refractivity contribution in [2.45, 2.75) is 57.8 Å². The van der Waals surface area contributed by atoms with Crippen molar-refractivity contribution in [3.8, 4) is 28.1 Å². The second-order valence-electron chi connectivity index (χ2n) is 12.3. The molecule has 2 aromatic heterocycles. The normalized spacial score (nSPS) is 15.7. The van der Waals surface area contributed by atoms with Gasteiger partial charge in [-0.25, -0.2) is 14.2 Å². The number of benzene rings is 2. The Kier molecular flexibility index (Phi) is 10.5. The molecule has 9 heteroatoms. The summed E-state index contributed by atoms with van der Waals surface area (Å²) < 4.78 is 39.5. The number of imidazole rings is 1. The lowest BCUT2D eigenvalue weighted by atomic mass is 9.92. The highest BCUT2D eigenvalue weighted by molar-refractivity contribution is 5.81. The Morgan fingerprint density at radius 2 is 1.83 bits per heavy atom. The number of halogens is 1. The number of anilines is 1. The van der Waals surface area contributed by atoms with Crippen molar-refractivity contribution in [3.05, 3.63) is 97.0 Å². The molecule has 4 aromatic rings. The topological polar surface area (TPSA) is 74.5 Å². The zero-order valence-corrected chi connectivity index (χ0v) is 27.9. The lowest BCUT2D eigenvalue weighted by Crippen LogP contribution is -2.45. The van der Waals surface area contributed by atoms with E-state index in [4.69, 9.17) is 23.9 Å². The maximum absolute atomic E-state index is 14.3. The van der Waals surface area contributed by atoms with E-state index in [1.54, 1.807) is 18.2 Å². The van der Waals surface area contributed by atoms with Gasteiger partial charge in [0.05, 0.1) is 31.1 Å². The van der Waals surface area contributed by atoms with Gasteiger partial charge < -0.3 is 23.8 Å². The standard InChI is InChI=1S/C38H44FN3O5/c1-8-11-26(4)47-32-23-29(39)14-15-30(32)27-12-10-13-28(22-27)31-24-42-33(40-31)21-25(3)34(35(44-6)37(43)45-7)36(42)41-18-16-38(5,17-19-41)46-20-9-2/h8-10,12-15,21-24,26,35H,1-2,11,16-20H2,3-7H3. The number of ether oxygens (including phenoxy) is 4. The van der Waals surface area contributed by atoms with Gasteiger partial charge in [-0.3, -0.25) is 4.40 Å². The van der Waals surface area contributed by atoms with E-state index < -0.39 is 12.1 Å². The van der Waals surface area contributed by atoms with Gasteiger partial charge in [-0.2, -0.15) is 0 Å². The Balaban J connectivity index is 1.60. The highest BCUT2D eigenvalue weighted by Crippen LogP contribution is 2.39. The van der Waals surface area contributed by atoms with Crippen molar-refractivity contribution < 1.29 is 28.1 Å². The third-order valence-electron chi connectivity index (χ3n) is 8.80. The van der Waals surface area contributed by atoms with Crippen LogP contribution in [0.1, 0.15) is 50.3 Å². The van der Waals surface area contributed by atoms with Crippen LogP contribution < -0.4 is 9.64 Å². The molecule has 1 aliphatic rings. The molecule has 47 heavy (non-hydrogen) atoms. The van der Waals surface area contributed by atoms with Gasteiger partial charge >= 0.3 is 5.97 Å². The largest absolute Gasteiger partial charge is 0.490 e. The van der Waals surface area contributed by atoms with Crippen molar-refractivity contribution >= 4 is 17.4 Å². The number of hydrogen-bond donors (Lipinski definition) is 0. The number of carbonyl (C=O) groups is 1. The molecule has 1 saturated heterocycles. The van der Waals surface area contributed by atoms with Crippen LogP contribution in [-0.4, -0.2) is 61.0 Å². The molecule has 5 rings (SSSR count). The van der Waals surface area contributed by atoms with E-state index >= 15 is 0 Å². The first-order chi connectivity index (χ1) is 22.6. The number of esters is 1. The lowest BCUT2D eigenvalue weighted by molar-refractivity contribution is -0.152. The number of carbonyl (C=O) groups excluding carboxylic acids is 1. The van der Waals surface area contributed by atoms with Gasteiger partial charge in [0.15, 0.2) is 6.10 Å². The van der Waals surface area contributed by atoms with Gasteiger partial charge in [-0.05, 0) is 69.0 Å². The van der Waals surface area contributed by atoms with Crippen molar-refractivity contribution in [1.29, 1.82) is 0 Å². The number of pyridine rings is 1. The number of nitrogens with zero attached hydrogens (tertiary/aromatic N) is 3. The molecule has 2 unspecified atom stereocenters. The Morgan fingerprint density at radius 1 is 1.09 bits per heavy atom. The number of rotatable bonds is 13. The van der Waals surface area contributed by atoms with Gasteiger partial charge in [0.1, 0.15) is 23.0 Å². The molecule has 3 heterocycles. The molecule has 0 radical (unpaired) electrons. The first kappa shape index (κ1) is 33.9. The number of aryl methyl sites for hydroxylation is 1. The third kappa shape index (κ3) is 7.26. The van der Waals surface area contributed by atoms with Crippen LogP contribution in [0.5, 0.6) is 5.75 Å². The SMILES string of the molecule is C=CCOC1(C)CCN(c2c(C(OC)C(=O)OC)c(C)cc3nc(-c4cccc(-c5ccc(F)cc5OC(C)CC=C)c4)cn23)CC1. The van der Waals surface area contributed by atoms with Crippen LogP contribution in [0.25, 0.3) is 28.0 Å². The zero-order valence-electron chi connectivity index (χ0n) is 27.9. The minimum absolute atomic E-state index is 0.160. The van der Waals surface area contributed by atoms with E-state index in [0.29, 0.717) is 31.9 Å². The summed E-state index contributed by atoms with van der Waals surface area (Å²) in [7, 11) is 2.88. The highest BCUT2D eigenvalue weighted by Gasteiger charge is 2.35. The van der Waals surface area contributed by atoms with Crippen LogP contribution in [-0.2, 0) is 19.0 Å². The quantitative estimate of drug-likeness (QED) is 0.109. The van der Waals surface area contributed by atoms with Crippen LogP contribution >= 0.6 is 0 Å². The van der Waals surface area contributed by atoms with Gasteiger partial charge in [-0.1, -0.05) is 30.4 Å². The maximum atomic E-state index is 14.3. The summed E-state index contributed by atoms with van der Waals surface area (Å²) in [5.41, 5.74) is 5.35. The fourth-order valence-electron chi connectivity index (χ4n) is 6.24. The minimum Gasteiger partial charge on any atom is -0.490 e. The zero-order chi connectivity index (χ0) is 33.7. The fourth-order valence-corrected chi connectivity index (χ4v) is 6.24. The smallest absolute Gasteiger partial charge is 0.339 e. The molecule has 2 atom stereocenters. The van der Waals surface area contributed by atoms with E-state index in [9.17, 15) is 9.18 Å².